The van der Waals surface area contributed by atoms with E-state index in [0.29, 0.717) is 11.4 Å². The average Bonchev–Trinajstić information content (AvgIpc) is 3.13. The molecule has 2 amide bonds. The van der Waals surface area contributed by atoms with Crippen LogP contribution < -0.4 is 0 Å². The van der Waals surface area contributed by atoms with E-state index in [0.717, 1.165) is 22.9 Å². The molecule has 0 atom stereocenters. The van der Waals surface area contributed by atoms with Gasteiger partial charge in [-0.2, -0.15) is 10.2 Å². The Morgan fingerprint density at radius 1 is 0.846 bits per heavy atom. The molecule has 2 aromatic heterocycles. The lowest BCUT2D eigenvalue weighted by Crippen LogP contribution is -2.22. The van der Waals surface area contributed by atoms with Crippen LogP contribution in [0, 0.1) is 0 Å². The van der Waals surface area contributed by atoms with Crippen LogP contribution in [0.15, 0.2) is 12.1 Å². The van der Waals surface area contributed by atoms with E-state index in [1.54, 1.807) is 59.1 Å². The zero-order chi connectivity index (χ0) is 19.4. The molecule has 0 unspecified atom stereocenters. The summed E-state index contributed by atoms with van der Waals surface area (Å²) in [5, 5.41) is 8.54. The van der Waals surface area contributed by atoms with Gasteiger partial charge in [0.15, 0.2) is 11.4 Å². The Hall–Kier alpha value is -1.94. The molecule has 0 aliphatic carbocycles. The van der Waals surface area contributed by atoms with Gasteiger partial charge < -0.3 is 9.80 Å². The first-order valence-corrected chi connectivity index (χ1v) is 10.4. The first-order valence-electron chi connectivity index (χ1n) is 7.94. The molecule has 0 aliphatic heterocycles. The number of amides is 2. The van der Waals surface area contributed by atoms with Gasteiger partial charge in [-0.1, -0.05) is 21.6 Å². The zero-order valence-corrected chi connectivity index (χ0v) is 17.5. The number of aryl methyl sites for hydroxylation is 2. The summed E-state index contributed by atoms with van der Waals surface area (Å²) in [6.45, 7) is 0. The molecule has 2 heterocycles. The number of carbonyl (C=O) groups excluding carboxylic acids is 2. The molecule has 26 heavy (non-hydrogen) atoms. The molecular formula is C16H24N6O2S2. The summed E-state index contributed by atoms with van der Waals surface area (Å²) < 4.78 is 3.48. The predicted molar refractivity (Wildman–Crippen MR) is 105 cm³/mol. The molecule has 2 aromatic rings. The maximum atomic E-state index is 12.0. The van der Waals surface area contributed by atoms with Gasteiger partial charge in [-0.25, -0.2) is 0 Å². The second-order valence-electron chi connectivity index (χ2n) is 6.21. The van der Waals surface area contributed by atoms with E-state index in [-0.39, 0.29) is 11.8 Å². The van der Waals surface area contributed by atoms with Crippen molar-refractivity contribution in [2.75, 3.05) is 28.2 Å². The normalized spacial score (nSPS) is 10.8. The zero-order valence-electron chi connectivity index (χ0n) is 15.9. The van der Waals surface area contributed by atoms with Crippen molar-refractivity contribution in [2.24, 2.45) is 14.1 Å². The van der Waals surface area contributed by atoms with Gasteiger partial charge in [0, 0.05) is 65.2 Å². The molecule has 0 aliphatic rings. The van der Waals surface area contributed by atoms with Crippen molar-refractivity contribution in [3.8, 4) is 0 Å². The van der Waals surface area contributed by atoms with Crippen molar-refractivity contribution in [1.82, 2.24) is 29.4 Å². The standard InChI is InChI=1S/C16H24N6O2S2/c1-19(2)15(23)13-7-11(21(5)17-13)9-25-26-10-12-8-14(18-22(12)6)16(24)20(3)4/h7-8H,9-10H2,1-6H3. The first-order chi connectivity index (χ1) is 12.2. The number of nitrogens with zero attached hydrogens (tertiary/aromatic N) is 6. The summed E-state index contributed by atoms with van der Waals surface area (Å²) in [6, 6.07) is 3.65. The molecule has 0 fully saturated rings. The van der Waals surface area contributed by atoms with E-state index in [4.69, 9.17) is 0 Å². The van der Waals surface area contributed by atoms with Gasteiger partial charge in [0.25, 0.3) is 11.8 Å². The summed E-state index contributed by atoms with van der Waals surface area (Å²) >= 11 is 0. The lowest BCUT2D eigenvalue weighted by Gasteiger charge is -2.06. The smallest absolute Gasteiger partial charge is 0.273 e. The highest BCUT2D eigenvalue weighted by molar-refractivity contribution is 8.76. The summed E-state index contributed by atoms with van der Waals surface area (Å²) in [4.78, 5) is 27.0. The van der Waals surface area contributed by atoms with E-state index >= 15 is 0 Å². The number of hydrogen-bond acceptors (Lipinski definition) is 6. The Balaban J connectivity index is 1.90. The van der Waals surface area contributed by atoms with Gasteiger partial charge >= 0.3 is 0 Å². The molecule has 0 saturated carbocycles. The molecule has 0 spiro atoms. The topological polar surface area (TPSA) is 76.3 Å². The van der Waals surface area contributed by atoms with Gasteiger partial charge in [-0.05, 0) is 12.1 Å². The molecule has 0 saturated heterocycles. The SMILES string of the molecule is CN(C)C(=O)c1cc(CSSCc2cc(C(=O)N(C)C)nn2C)n(C)n1. The molecule has 0 N–H and O–H groups in total. The van der Waals surface area contributed by atoms with Crippen LogP contribution in [0.5, 0.6) is 0 Å². The molecule has 0 aromatic carbocycles. The Morgan fingerprint density at radius 3 is 1.50 bits per heavy atom. The Morgan fingerprint density at radius 2 is 1.19 bits per heavy atom. The fourth-order valence-electron chi connectivity index (χ4n) is 2.15. The molecule has 8 nitrogen and oxygen atoms in total. The van der Waals surface area contributed by atoms with Gasteiger partial charge in [0.05, 0.1) is 0 Å². The van der Waals surface area contributed by atoms with E-state index in [1.165, 1.54) is 9.80 Å². The largest absolute Gasteiger partial charge is 0.343 e. The highest BCUT2D eigenvalue weighted by Gasteiger charge is 2.16. The minimum absolute atomic E-state index is 0.0996. The van der Waals surface area contributed by atoms with Crippen molar-refractivity contribution in [2.45, 2.75) is 11.5 Å². The fraction of sp³-hybridized carbons (Fsp3) is 0.500. The first kappa shape index (κ1) is 20.4. The minimum atomic E-state index is -0.0996. The molecule has 10 heteroatoms. The lowest BCUT2D eigenvalue weighted by molar-refractivity contribution is 0.0814. The highest BCUT2D eigenvalue weighted by atomic mass is 33.1. The maximum Gasteiger partial charge on any atom is 0.273 e. The van der Waals surface area contributed by atoms with Gasteiger partial charge in [0.1, 0.15) is 0 Å². The van der Waals surface area contributed by atoms with Crippen LogP contribution in [0.25, 0.3) is 0 Å². The van der Waals surface area contributed by atoms with Crippen LogP contribution in [0.4, 0.5) is 0 Å². The fourth-order valence-corrected chi connectivity index (χ4v) is 4.33. The van der Waals surface area contributed by atoms with E-state index in [2.05, 4.69) is 10.2 Å². The van der Waals surface area contributed by atoms with Crippen molar-refractivity contribution in [3.05, 3.63) is 34.9 Å². The number of carbonyl (C=O) groups is 2. The summed E-state index contributed by atoms with van der Waals surface area (Å²) in [7, 11) is 13.9. The molecule has 0 bridgehead atoms. The number of rotatable bonds is 7. The van der Waals surface area contributed by atoms with Crippen LogP contribution >= 0.6 is 21.6 Å². The molecule has 2 rings (SSSR count). The van der Waals surface area contributed by atoms with E-state index < -0.39 is 0 Å². The second-order valence-corrected chi connectivity index (χ2v) is 8.68. The van der Waals surface area contributed by atoms with Crippen LogP contribution in [0.1, 0.15) is 32.4 Å². The third-order valence-corrected chi connectivity index (χ3v) is 5.90. The predicted octanol–water partition coefficient (Wildman–Crippen LogP) is 1.64. The quantitative estimate of drug-likeness (QED) is 0.523. The van der Waals surface area contributed by atoms with Gasteiger partial charge in [0.2, 0.25) is 0 Å². The molecule has 0 radical (unpaired) electrons. The van der Waals surface area contributed by atoms with E-state index in [9.17, 15) is 9.59 Å². The Labute approximate surface area is 161 Å². The molecule has 142 valence electrons. The van der Waals surface area contributed by atoms with Crippen molar-refractivity contribution in [3.63, 3.8) is 0 Å². The summed E-state index contributed by atoms with van der Waals surface area (Å²) in [6.07, 6.45) is 0. The van der Waals surface area contributed by atoms with Crippen molar-refractivity contribution >= 4 is 33.4 Å². The van der Waals surface area contributed by atoms with Crippen LogP contribution in [-0.2, 0) is 25.6 Å². The van der Waals surface area contributed by atoms with Gasteiger partial charge in [-0.15, -0.1) is 0 Å². The number of aromatic nitrogens is 4. The third kappa shape index (κ3) is 4.82. The van der Waals surface area contributed by atoms with Crippen molar-refractivity contribution < 1.29 is 9.59 Å². The van der Waals surface area contributed by atoms with Crippen LogP contribution in [0.3, 0.4) is 0 Å². The maximum absolute atomic E-state index is 12.0. The minimum Gasteiger partial charge on any atom is -0.343 e. The third-order valence-electron chi connectivity index (χ3n) is 3.70. The van der Waals surface area contributed by atoms with Crippen LogP contribution in [0.2, 0.25) is 0 Å². The van der Waals surface area contributed by atoms with Crippen LogP contribution in [-0.4, -0.2) is 69.4 Å². The summed E-state index contributed by atoms with van der Waals surface area (Å²) in [5.41, 5.74) is 2.88. The van der Waals surface area contributed by atoms with Gasteiger partial charge in [-0.3, -0.25) is 19.0 Å². The Bertz CT molecular complexity index is 731. The van der Waals surface area contributed by atoms with Crippen molar-refractivity contribution in [1.29, 1.82) is 0 Å². The average molecular weight is 397 g/mol. The van der Waals surface area contributed by atoms with E-state index in [1.807, 2.05) is 26.2 Å². The summed E-state index contributed by atoms with van der Waals surface area (Å²) in [5.74, 6) is 1.27. The number of hydrogen-bond donors (Lipinski definition) is 0. The lowest BCUT2D eigenvalue weighted by atomic mass is 10.3. The molecular weight excluding hydrogens is 372 g/mol. The highest BCUT2D eigenvalue weighted by Crippen LogP contribution is 2.29. The monoisotopic (exact) mass is 396 g/mol. The Kier molecular flexibility index (Phi) is 6.76. The second kappa shape index (κ2) is 8.63.